The molecule has 0 saturated carbocycles. The number of primary amides is 1. The van der Waals surface area contributed by atoms with Crippen molar-refractivity contribution in [3.63, 3.8) is 0 Å². The Labute approximate surface area is 772 Å². The van der Waals surface area contributed by atoms with Gasteiger partial charge < -0.3 is 163 Å². The Morgan fingerprint density at radius 1 is 0.689 bits per heavy atom. The van der Waals surface area contributed by atoms with Crippen LogP contribution in [0.1, 0.15) is 115 Å². The van der Waals surface area contributed by atoms with Gasteiger partial charge in [-0.05, 0) is 140 Å². The molecule has 8 aliphatic rings. The molecule has 135 heavy (non-hydrogen) atoms. The fourth-order valence-corrected chi connectivity index (χ4v) is 16.6. The Bertz CT molecular complexity index is 5710. The van der Waals surface area contributed by atoms with Crippen molar-refractivity contribution in [1.82, 2.24) is 52.1 Å². The number of carbonyl (C=O) groups excluding carboxylic acids is 8. The summed E-state index contributed by atoms with van der Waals surface area (Å²) in [6.07, 6.45) is -34.3. The number of ether oxygens (including phenoxy) is 9. The number of hydrogen-bond donors (Lipinski definition) is 23. The summed E-state index contributed by atoms with van der Waals surface area (Å²) in [5.74, 6) is -18.9. The largest absolute Gasteiger partial charge is 0.573 e. The Morgan fingerprint density at radius 2 is 1.32 bits per heavy atom. The minimum atomic E-state index is -4.99. The summed E-state index contributed by atoms with van der Waals surface area (Å²) in [6.45, 7) is 4.60. The highest BCUT2D eigenvalue weighted by atomic mass is 35.5. The first-order valence-corrected chi connectivity index (χ1v) is 42.6. The maximum absolute atomic E-state index is 16.5. The molecule has 0 radical (unpaired) electrons. The van der Waals surface area contributed by atoms with Gasteiger partial charge in [0.1, 0.15) is 132 Å². The van der Waals surface area contributed by atoms with Crippen molar-refractivity contribution >= 4 is 82.2 Å². The zero-order valence-corrected chi connectivity index (χ0v) is 73.3. The van der Waals surface area contributed by atoms with E-state index in [2.05, 4.69) is 57.6 Å². The fraction of sp³-hybridized carbons (Fsp3) is 0.430. The number of aromatic hydroxyl groups is 3. The van der Waals surface area contributed by atoms with Crippen molar-refractivity contribution in [3.8, 4) is 62.9 Å². The number of aromatic nitrogens is 2. The van der Waals surface area contributed by atoms with Crippen LogP contribution in [0, 0.1) is 5.92 Å². The van der Waals surface area contributed by atoms with E-state index in [1.54, 1.807) is 13.8 Å². The molecule has 15 rings (SSSR count). The normalized spacial score (nSPS) is 28.5. The van der Waals surface area contributed by atoms with E-state index in [1.165, 1.54) is 39.2 Å². The Balaban J connectivity index is 0.907. The third-order valence-electron chi connectivity index (χ3n) is 23.0. The standard InChI is InChI=1S/C86H96Cl2F3N13O31/c1-32(2)20-45(94-5)75(118)102-62-64(110)36-9-14-49(43(87)22-36)128-51-24-38-25-52(71(51)133-83-69(115)67(113)72(54(31-105)131-83)134-82-68(114)66(112)65(111)53(130-82)30-95-17-19-104-18-16-56(98-84(104)126)97-74(117)34-6-11-40(12-7-34)135-86(89,90)91)129-50-15-10-37(23-44(50)88)70(132-57-29-85(4,93)73(116)33(3)127-57)63-80(123)101-61(81(124)125)42-26-39(106)27-48(108)58(42)41-21-35(8-13-47(41)107)59(77(120)103-63)100-78(121)60(38)99-76(119)46(28-55(92)109)96-79(62)122/h6-16,18,21-27,32-33,45-46,53-54,57,59-70,72-73,82-83,94-95,105-108,110-116H,17,19-20,28-31,93H2,1-5H3,(H2,92,109)(H,96,122)(H,99,119)(H,100,121)(H,101,123)(H,102,118)(H,103,120)(H,124,125)(H,97,98,117,126)/t33-,45+,46-,53+,54+,57-,59-,60+,61-,62?,63-,64+,65-,66-,67+,68+,69+,70+,72+,73-,82-,83-,85-/m0/s1. The first-order chi connectivity index (χ1) is 63.8. The van der Waals surface area contributed by atoms with Crippen LogP contribution in [0.25, 0.3) is 11.1 Å². The number of aliphatic hydroxyl groups excluding tert-OH is 8. The molecule has 0 aliphatic carbocycles. The second-order valence-electron chi connectivity index (χ2n) is 33.4. The minimum Gasteiger partial charge on any atom is -0.508 e. The number of fused-ring (bicyclic) bond motifs is 15. The van der Waals surface area contributed by atoms with Gasteiger partial charge in [-0.15, -0.1) is 13.2 Å². The third kappa shape index (κ3) is 22.8. The summed E-state index contributed by atoms with van der Waals surface area (Å²) in [7, 11) is 1.44. The van der Waals surface area contributed by atoms with Gasteiger partial charge in [0.25, 0.3) is 5.91 Å². The number of nitrogens with two attached hydrogens (primary N) is 2. The molecule has 11 bridgehead atoms. The van der Waals surface area contributed by atoms with Gasteiger partial charge in [-0.2, -0.15) is 4.98 Å². The second-order valence-corrected chi connectivity index (χ2v) is 34.2. The van der Waals surface area contributed by atoms with Gasteiger partial charge in [-0.3, -0.25) is 42.9 Å². The zero-order chi connectivity index (χ0) is 98.0. The maximum atomic E-state index is 16.5. The number of phenolic OH excluding ortho intramolecular Hbond substituents is 3. The van der Waals surface area contributed by atoms with Gasteiger partial charge >= 0.3 is 18.0 Å². The van der Waals surface area contributed by atoms with Gasteiger partial charge in [0.2, 0.25) is 53.4 Å². The number of aliphatic hydroxyl groups is 8. The molecule has 25 N–H and O–H groups in total. The number of halogens is 5. The van der Waals surface area contributed by atoms with Crippen molar-refractivity contribution in [1.29, 1.82) is 0 Å². The van der Waals surface area contributed by atoms with E-state index in [4.69, 9.17) is 72.6 Å². The number of carboxylic acids is 1. The number of carboxylic acid groups (broad SMARTS) is 1. The average Bonchev–Trinajstić information content (AvgIpc) is 0.761. The number of nitrogens with one attached hydrogen (secondary N) is 9. The lowest BCUT2D eigenvalue weighted by atomic mass is 9.86. The quantitative estimate of drug-likeness (QED) is 0.0373. The van der Waals surface area contributed by atoms with Crippen LogP contribution >= 0.6 is 23.2 Å². The van der Waals surface area contributed by atoms with E-state index in [0.29, 0.717) is 0 Å². The number of amides is 8. The fourth-order valence-electron chi connectivity index (χ4n) is 16.1. The molecule has 9 heterocycles. The van der Waals surface area contributed by atoms with E-state index in [1.807, 2.05) is 0 Å². The van der Waals surface area contributed by atoms with Crippen molar-refractivity contribution in [3.05, 3.63) is 169 Å². The number of rotatable bonds is 23. The van der Waals surface area contributed by atoms with Crippen molar-refractivity contribution < 1.29 is 160 Å². The number of hydrogen-bond acceptors (Lipinski definition) is 34. The first kappa shape index (κ1) is 100. The molecule has 23 atom stereocenters. The van der Waals surface area contributed by atoms with Crippen LogP contribution in [0.5, 0.6) is 51.7 Å². The summed E-state index contributed by atoms with van der Waals surface area (Å²) >= 11 is 14.5. The number of likely N-dealkylation sites (N-methyl/N-ethyl adjacent to an activating group) is 1. The topological polar surface area (TPSA) is 675 Å². The molecular weight excluding hydrogens is 1840 g/mol. The predicted molar refractivity (Wildman–Crippen MR) is 457 cm³/mol. The molecule has 3 fully saturated rings. The van der Waals surface area contributed by atoms with Crippen molar-refractivity contribution in [2.45, 2.75) is 200 Å². The molecule has 6 aromatic carbocycles. The molecule has 44 nitrogen and oxygen atoms in total. The maximum Gasteiger partial charge on any atom is 0.573 e. The predicted octanol–water partition coefficient (Wildman–Crippen LogP) is -0.0645. The number of nitrogens with zero attached hydrogens (tertiary/aromatic N) is 2. The number of alkyl halides is 3. The van der Waals surface area contributed by atoms with Crippen LogP contribution in [-0.4, -0.2) is 267 Å². The number of carbonyl (C=O) groups is 9. The van der Waals surface area contributed by atoms with Gasteiger partial charge in [-0.25, -0.2) is 9.59 Å². The molecule has 3 saturated heterocycles. The lowest BCUT2D eigenvalue weighted by Crippen LogP contribution is -2.65. The molecule has 0 spiro atoms. The average molecular weight is 1940 g/mol. The Hall–Kier alpha value is -12.2. The summed E-state index contributed by atoms with van der Waals surface area (Å²) in [5, 5.41) is 161. The van der Waals surface area contributed by atoms with E-state index >= 15 is 24.0 Å². The SMILES string of the molecule is CN[C@H](CC(C)C)C(=O)NC1C(=O)N[C@@H](CC(N)=O)C(=O)N[C@H]2C(=O)N[C@@H]3C(=O)N[C@H](C(=O)N[C@H](C(=O)O)c4cc(O)cc(O)c4-c4cc3ccc4O)[C@H](O[C@H]3C[C@](C)(N)[C@@H](O)[C@H](C)O3)c3ccc(c(Cl)c3)Oc3cc2cc(c3O[C@@H]2O[C@H](CO)[C@@H](O[C@@H]3O[C@H](CNCCn4ccc(NC(=O)c5ccc(OC(F)(F)F)cc5)nc4=O)[C@H](O)[C@H](O)[C@H]3O)[C@H](O)[C@H]2O)Oc2ccc(cc2Cl)[C@H]1O. The number of phenols is 3. The number of aliphatic carboxylic acids is 1. The van der Waals surface area contributed by atoms with Crippen LogP contribution in [0.2, 0.25) is 10.0 Å². The second kappa shape index (κ2) is 41.5. The van der Waals surface area contributed by atoms with Gasteiger partial charge in [0.05, 0.1) is 41.3 Å². The van der Waals surface area contributed by atoms with E-state index in [-0.39, 0.29) is 47.9 Å². The molecule has 1 aromatic heterocycles. The summed E-state index contributed by atoms with van der Waals surface area (Å²) in [6, 6.07) is 3.45. The summed E-state index contributed by atoms with van der Waals surface area (Å²) in [5.41, 5.74) is 6.72. The van der Waals surface area contributed by atoms with Crippen molar-refractivity contribution in [2.75, 3.05) is 32.1 Å². The first-order valence-electron chi connectivity index (χ1n) is 41.9. The molecule has 49 heteroatoms. The highest BCUT2D eigenvalue weighted by Crippen LogP contribution is 2.51. The summed E-state index contributed by atoms with van der Waals surface area (Å²) < 4.78 is 94.0. The third-order valence-corrected chi connectivity index (χ3v) is 23.6. The van der Waals surface area contributed by atoms with Crippen LogP contribution in [-0.2, 0) is 68.6 Å². The summed E-state index contributed by atoms with van der Waals surface area (Å²) in [4.78, 5) is 150. The van der Waals surface area contributed by atoms with E-state index in [0.717, 1.165) is 102 Å². The van der Waals surface area contributed by atoms with Crippen LogP contribution < -0.4 is 84.0 Å². The Kier molecular flexibility index (Phi) is 30.8. The van der Waals surface area contributed by atoms with Gasteiger partial charge in [0.15, 0.2) is 30.1 Å². The van der Waals surface area contributed by atoms with E-state index in [9.17, 15) is 98.4 Å². The molecule has 7 aromatic rings. The highest BCUT2D eigenvalue weighted by molar-refractivity contribution is 6.32. The molecule has 1 unspecified atom stereocenters. The highest BCUT2D eigenvalue weighted by Gasteiger charge is 2.53. The molecule has 8 aliphatic heterocycles. The van der Waals surface area contributed by atoms with Gasteiger partial charge in [0, 0.05) is 66.1 Å². The van der Waals surface area contributed by atoms with E-state index < -0.39 is 321 Å². The lowest BCUT2D eigenvalue weighted by Gasteiger charge is -2.46. The molecular formula is C86H96Cl2F3N13O31. The van der Waals surface area contributed by atoms with Crippen molar-refractivity contribution in [2.24, 2.45) is 17.4 Å². The monoisotopic (exact) mass is 1930 g/mol. The zero-order valence-electron chi connectivity index (χ0n) is 71.8. The Morgan fingerprint density at radius 3 is 1.94 bits per heavy atom. The van der Waals surface area contributed by atoms with Crippen LogP contribution in [0.4, 0.5) is 19.0 Å². The smallest absolute Gasteiger partial charge is 0.508 e. The van der Waals surface area contributed by atoms with Crippen LogP contribution in [0.3, 0.4) is 0 Å². The minimum absolute atomic E-state index is 0.111. The number of anilines is 1. The van der Waals surface area contributed by atoms with Gasteiger partial charge in [-0.1, -0.05) is 55.2 Å². The number of benzene rings is 6. The molecule has 726 valence electrons. The van der Waals surface area contributed by atoms with Crippen LogP contribution in [0.15, 0.2) is 120 Å². The molecule has 8 amide bonds. The lowest BCUT2D eigenvalue weighted by molar-refractivity contribution is -0.350.